The first kappa shape index (κ1) is 10.4. The average Bonchev–Trinajstić information content (AvgIpc) is 1.98. The lowest BCUT2D eigenvalue weighted by molar-refractivity contribution is -0.0744. The van der Waals surface area contributed by atoms with Gasteiger partial charge in [-0.05, 0) is 26.8 Å². The zero-order valence-corrected chi connectivity index (χ0v) is 9.38. The molecule has 0 aromatic carbocycles. The molecule has 2 rings (SSSR count). The molecule has 1 aliphatic carbocycles. The number of ether oxygens (including phenoxy) is 1. The standard InChI is InChI=1S/C11H22N2O/c1-11(8-12-9-11)14-7-6-13(2)10-4-3-5-10/h10,12H,3-9H2,1-2H3. The molecule has 1 saturated heterocycles. The van der Waals surface area contributed by atoms with Crippen molar-refractivity contribution in [3.63, 3.8) is 0 Å². The molecule has 0 atom stereocenters. The summed E-state index contributed by atoms with van der Waals surface area (Å²) >= 11 is 0. The predicted octanol–water partition coefficient (Wildman–Crippen LogP) is 0.849. The van der Waals surface area contributed by atoms with Gasteiger partial charge in [0.05, 0.1) is 12.2 Å². The Kier molecular flexibility index (Phi) is 3.10. The molecule has 0 spiro atoms. The van der Waals surface area contributed by atoms with Crippen LogP contribution in [0, 0.1) is 0 Å². The van der Waals surface area contributed by atoms with Crippen molar-refractivity contribution in [2.45, 2.75) is 37.8 Å². The smallest absolute Gasteiger partial charge is 0.0902 e. The van der Waals surface area contributed by atoms with Gasteiger partial charge in [-0.1, -0.05) is 6.42 Å². The van der Waals surface area contributed by atoms with E-state index in [0.29, 0.717) is 0 Å². The normalized spacial score (nSPS) is 25.9. The van der Waals surface area contributed by atoms with Gasteiger partial charge in [0.2, 0.25) is 0 Å². The maximum atomic E-state index is 5.85. The zero-order chi connectivity index (χ0) is 10.0. The van der Waals surface area contributed by atoms with Crippen molar-refractivity contribution < 1.29 is 4.74 Å². The first-order chi connectivity index (χ1) is 6.70. The van der Waals surface area contributed by atoms with Gasteiger partial charge in [0.25, 0.3) is 0 Å². The van der Waals surface area contributed by atoms with Crippen molar-refractivity contribution in [3.05, 3.63) is 0 Å². The summed E-state index contributed by atoms with van der Waals surface area (Å²) in [6, 6.07) is 0.839. The third-order valence-corrected chi connectivity index (χ3v) is 3.59. The minimum absolute atomic E-state index is 0.125. The summed E-state index contributed by atoms with van der Waals surface area (Å²) in [6.45, 7) is 6.18. The van der Waals surface area contributed by atoms with E-state index in [0.717, 1.165) is 32.3 Å². The molecular weight excluding hydrogens is 176 g/mol. The van der Waals surface area contributed by atoms with Gasteiger partial charge in [-0.15, -0.1) is 0 Å². The Hall–Kier alpha value is -0.120. The third kappa shape index (κ3) is 2.27. The van der Waals surface area contributed by atoms with Gasteiger partial charge in [-0.3, -0.25) is 0 Å². The summed E-state index contributed by atoms with van der Waals surface area (Å²) in [5, 5.41) is 3.25. The van der Waals surface area contributed by atoms with E-state index in [9.17, 15) is 0 Å². The highest BCUT2D eigenvalue weighted by atomic mass is 16.5. The molecule has 1 aliphatic heterocycles. The van der Waals surface area contributed by atoms with Crippen LogP contribution in [0.2, 0.25) is 0 Å². The molecule has 2 fully saturated rings. The van der Waals surface area contributed by atoms with Crippen molar-refractivity contribution in [1.29, 1.82) is 0 Å². The van der Waals surface area contributed by atoms with Crippen LogP contribution in [0.4, 0.5) is 0 Å². The van der Waals surface area contributed by atoms with Gasteiger partial charge < -0.3 is 15.0 Å². The van der Waals surface area contributed by atoms with Gasteiger partial charge >= 0.3 is 0 Å². The van der Waals surface area contributed by atoms with Gasteiger partial charge in [0, 0.05) is 25.7 Å². The molecule has 1 N–H and O–H groups in total. The van der Waals surface area contributed by atoms with Crippen LogP contribution >= 0.6 is 0 Å². The molecule has 3 nitrogen and oxygen atoms in total. The second-order valence-corrected chi connectivity index (χ2v) is 4.97. The Labute approximate surface area is 86.8 Å². The first-order valence-electron chi connectivity index (χ1n) is 5.75. The van der Waals surface area contributed by atoms with Crippen LogP contribution in [0.15, 0.2) is 0 Å². The maximum absolute atomic E-state index is 5.85. The summed E-state index contributed by atoms with van der Waals surface area (Å²) < 4.78 is 5.85. The number of nitrogens with zero attached hydrogens (tertiary/aromatic N) is 1. The van der Waals surface area contributed by atoms with Crippen molar-refractivity contribution >= 4 is 0 Å². The van der Waals surface area contributed by atoms with Crippen LogP contribution in [0.1, 0.15) is 26.2 Å². The minimum atomic E-state index is 0.125. The van der Waals surface area contributed by atoms with Crippen LogP contribution in [0.25, 0.3) is 0 Å². The topological polar surface area (TPSA) is 24.5 Å². The fourth-order valence-electron chi connectivity index (χ4n) is 2.03. The van der Waals surface area contributed by atoms with Crippen LogP contribution in [0.3, 0.4) is 0 Å². The third-order valence-electron chi connectivity index (χ3n) is 3.59. The molecule has 2 aliphatic rings. The lowest BCUT2D eigenvalue weighted by atomic mass is 9.92. The Morgan fingerprint density at radius 3 is 2.57 bits per heavy atom. The van der Waals surface area contributed by atoms with E-state index < -0.39 is 0 Å². The van der Waals surface area contributed by atoms with E-state index in [2.05, 4.69) is 24.2 Å². The van der Waals surface area contributed by atoms with Gasteiger partial charge in [-0.2, -0.15) is 0 Å². The SMILES string of the molecule is CN(CCOC1(C)CNC1)C1CCC1. The van der Waals surface area contributed by atoms with Crippen molar-refractivity contribution in [2.24, 2.45) is 0 Å². The van der Waals surface area contributed by atoms with Gasteiger partial charge in [-0.25, -0.2) is 0 Å². The van der Waals surface area contributed by atoms with E-state index in [1.54, 1.807) is 0 Å². The second-order valence-electron chi connectivity index (χ2n) is 4.97. The molecule has 0 amide bonds. The van der Waals surface area contributed by atoms with Crippen LogP contribution in [0.5, 0.6) is 0 Å². The Morgan fingerprint density at radius 1 is 1.43 bits per heavy atom. The van der Waals surface area contributed by atoms with Crippen LogP contribution in [-0.2, 0) is 4.74 Å². The van der Waals surface area contributed by atoms with Crippen molar-refractivity contribution in [2.75, 3.05) is 33.3 Å². The minimum Gasteiger partial charge on any atom is -0.371 e. The molecule has 0 unspecified atom stereocenters. The van der Waals surface area contributed by atoms with E-state index in [-0.39, 0.29) is 5.60 Å². The fourth-order valence-corrected chi connectivity index (χ4v) is 2.03. The highest BCUT2D eigenvalue weighted by molar-refractivity contribution is 4.90. The Morgan fingerprint density at radius 2 is 2.14 bits per heavy atom. The summed E-state index contributed by atoms with van der Waals surface area (Å²) in [5.41, 5.74) is 0.125. The van der Waals surface area contributed by atoms with E-state index in [4.69, 9.17) is 4.74 Å². The van der Waals surface area contributed by atoms with E-state index in [1.807, 2.05) is 0 Å². The molecular formula is C11H22N2O. The number of nitrogens with one attached hydrogen (secondary N) is 1. The largest absolute Gasteiger partial charge is 0.371 e. The molecule has 1 heterocycles. The zero-order valence-electron chi connectivity index (χ0n) is 9.38. The molecule has 0 aromatic heterocycles. The lowest BCUT2D eigenvalue weighted by Gasteiger charge is -2.40. The quantitative estimate of drug-likeness (QED) is 0.709. The summed E-state index contributed by atoms with van der Waals surface area (Å²) in [6.07, 6.45) is 4.18. The summed E-state index contributed by atoms with van der Waals surface area (Å²) in [5.74, 6) is 0. The molecule has 0 bridgehead atoms. The van der Waals surface area contributed by atoms with Crippen molar-refractivity contribution in [1.82, 2.24) is 10.2 Å². The van der Waals surface area contributed by atoms with Crippen molar-refractivity contribution in [3.8, 4) is 0 Å². The van der Waals surface area contributed by atoms with Gasteiger partial charge in [0.15, 0.2) is 0 Å². The van der Waals surface area contributed by atoms with Gasteiger partial charge in [0.1, 0.15) is 0 Å². The monoisotopic (exact) mass is 198 g/mol. The molecule has 3 heteroatoms. The molecule has 82 valence electrons. The van der Waals surface area contributed by atoms with E-state index in [1.165, 1.54) is 19.3 Å². The number of likely N-dealkylation sites (N-methyl/N-ethyl adjacent to an activating group) is 1. The van der Waals surface area contributed by atoms with E-state index >= 15 is 0 Å². The molecule has 0 radical (unpaired) electrons. The highest BCUT2D eigenvalue weighted by Crippen LogP contribution is 2.23. The number of hydrogen-bond acceptors (Lipinski definition) is 3. The molecule has 14 heavy (non-hydrogen) atoms. The Bertz CT molecular complexity index is 188. The predicted molar refractivity (Wildman–Crippen MR) is 57.5 cm³/mol. The second kappa shape index (κ2) is 4.17. The summed E-state index contributed by atoms with van der Waals surface area (Å²) in [4.78, 5) is 2.44. The molecule has 1 saturated carbocycles. The van der Waals surface area contributed by atoms with Crippen LogP contribution < -0.4 is 5.32 Å². The fraction of sp³-hybridized carbons (Fsp3) is 1.00. The molecule has 0 aromatic rings. The number of rotatable bonds is 5. The Balaban J connectivity index is 1.57. The maximum Gasteiger partial charge on any atom is 0.0902 e. The summed E-state index contributed by atoms with van der Waals surface area (Å²) in [7, 11) is 2.22. The first-order valence-corrected chi connectivity index (χ1v) is 5.75. The highest BCUT2D eigenvalue weighted by Gasteiger charge is 2.32. The number of hydrogen-bond donors (Lipinski definition) is 1. The van der Waals surface area contributed by atoms with Crippen LogP contribution in [-0.4, -0.2) is 49.8 Å². The lowest BCUT2D eigenvalue weighted by Crippen LogP contribution is -2.59. The average molecular weight is 198 g/mol.